The van der Waals surface area contributed by atoms with Crippen LogP contribution in [0.25, 0.3) is 10.9 Å². The van der Waals surface area contributed by atoms with Crippen LogP contribution in [0.4, 0.5) is 8.78 Å². The van der Waals surface area contributed by atoms with Crippen LogP contribution in [0.1, 0.15) is 5.56 Å². The first-order chi connectivity index (χ1) is 10.9. The van der Waals surface area contributed by atoms with E-state index in [1.807, 2.05) is 6.92 Å². The third kappa shape index (κ3) is 2.87. The standard InChI is InChI=1S/C16H11F2NO3S/c1-10-4-7-15(12-3-2-8-19-16(10)12)23(20,21)22-11-5-6-13(17)14(18)9-11/h2-9H,1H3. The lowest BCUT2D eigenvalue weighted by Gasteiger charge is -2.10. The van der Waals surface area contributed by atoms with Crippen LogP contribution in [-0.4, -0.2) is 13.4 Å². The molecule has 0 aliphatic rings. The molecule has 0 aliphatic heterocycles. The van der Waals surface area contributed by atoms with E-state index in [4.69, 9.17) is 4.18 Å². The van der Waals surface area contributed by atoms with Gasteiger partial charge >= 0.3 is 10.1 Å². The third-order valence-electron chi connectivity index (χ3n) is 3.30. The molecule has 0 bridgehead atoms. The summed E-state index contributed by atoms with van der Waals surface area (Å²) < 4.78 is 55.9. The number of benzene rings is 2. The molecule has 0 unspecified atom stereocenters. The van der Waals surface area contributed by atoms with Crippen LogP contribution in [0.2, 0.25) is 0 Å². The van der Waals surface area contributed by atoms with Crippen molar-refractivity contribution in [3.05, 3.63) is 65.9 Å². The van der Waals surface area contributed by atoms with Crippen molar-refractivity contribution < 1.29 is 21.4 Å². The van der Waals surface area contributed by atoms with Crippen LogP contribution in [0.3, 0.4) is 0 Å². The fourth-order valence-electron chi connectivity index (χ4n) is 2.21. The molecule has 0 aliphatic carbocycles. The smallest absolute Gasteiger partial charge is 0.339 e. The summed E-state index contributed by atoms with van der Waals surface area (Å²) in [5.74, 6) is -2.57. The molecular weight excluding hydrogens is 324 g/mol. The number of aromatic nitrogens is 1. The van der Waals surface area contributed by atoms with E-state index in [1.165, 1.54) is 6.07 Å². The van der Waals surface area contributed by atoms with E-state index in [0.29, 0.717) is 17.0 Å². The summed E-state index contributed by atoms with van der Waals surface area (Å²) in [5.41, 5.74) is 1.34. The van der Waals surface area contributed by atoms with E-state index in [9.17, 15) is 17.2 Å². The van der Waals surface area contributed by atoms with Crippen LogP contribution in [0.5, 0.6) is 5.75 Å². The van der Waals surface area contributed by atoms with Gasteiger partial charge in [0.25, 0.3) is 0 Å². The summed E-state index contributed by atoms with van der Waals surface area (Å²) in [7, 11) is -4.22. The molecule has 3 aromatic rings. The first-order valence-electron chi connectivity index (χ1n) is 6.62. The topological polar surface area (TPSA) is 56.3 Å². The lowest BCUT2D eigenvalue weighted by atomic mass is 10.1. The maximum Gasteiger partial charge on any atom is 0.339 e. The Morgan fingerprint density at radius 1 is 1.04 bits per heavy atom. The molecular formula is C16H11F2NO3S. The summed E-state index contributed by atoms with van der Waals surface area (Å²) in [5, 5.41) is 0.398. The van der Waals surface area contributed by atoms with E-state index >= 15 is 0 Å². The van der Waals surface area contributed by atoms with Crippen molar-refractivity contribution in [1.29, 1.82) is 0 Å². The molecule has 1 aromatic heterocycles. The minimum atomic E-state index is -4.22. The van der Waals surface area contributed by atoms with Crippen molar-refractivity contribution in [2.24, 2.45) is 0 Å². The predicted molar refractivity (Wildman–Crippen MR) is 80.7 cm³/mol. The Morgan fingerprint density at radius 2 is 1.83 bits per heavy atom. The van der Waals surface area contributed by atoms with Crippen molar-refractivity contribution >= 4 is 21.0 Å². The molecule has 23 heavy (non-hydrogen) atoms. The predicted octanol–water partition coefficient (Wildman–Crippen LogP) is 3.59. The number of halogens is 2. The van der Waals surface area contributed by atoms with E-state index in [-0.39, 0.29) is 10.6 Å². The minimum Gasteiger partial charge on any atom is -0.379 e. The monoisotopic (exact) mass is 335 g/mol. The number of fused-ring (bicyclic) bond motifs is 1. The fourth-order valence-corrected chi connectivity index (χ4v) is 3.32. The number of pyridine rings is 1. The molecule has 7 heteroatoms. The molecule has 2 aromatic carbocycles. The van der Waals surface area contributed by atoms with Crippen LogP contribution >= 0.6 is 0 Å². The molecule has 3 rings (SSSR count). The van der Waals surface area contributed by atoms with E-state index in [1.54, 1.807) is 24.4 Å². The number of rotatable bonds is 3. The molecule has 0 amide bonds. The first kappa shape index (κ1) is 15.4. The highest BCUT2D eigenvalue weighted by atomic mass is 32.2. The van der Waals surface area contributed by atoms with E-state index in [0.717, 1.165) is 17.7 Å². The van der Waals surface area contributed by atoms with Crippen LogP contribution < -0.4 is 4.18 Å². The number of nitrogens with zero attached hydrogens (tertiary/aromatic N) is 1. The molecule has 1 heterocycles. The highest BCUT2D eigenvalue weighted by Gasteiger charge is 2.21. The highest BCUT2D eigenvalue weighted by Crippen LogP contribution is 2.27. The van der Waals surface area contributed by atoms with Gasteiger partial charge in [-0.15, -0.1) is 0 Å². The normalized spacial score (nSPS) is 11.6. The molecule has 0 radical (unpaired) electrons. The summed E-state index contributed by atoms with van der Waals surface area (Å²) in [6, 6.07) is 8.75. The zero-order chi connectivity index (χ0) is 16.6. The Kier molecular flexibility index (Phi) is 3.73. The van der Waals surface area contributed by atoms with Gasteiger partial charge < -0.3 is 4.18 Å². The average Bonchev–Trinajstić information content (AvgIpc) is 2.51. The number of aryl methyl sites for hydroxylation is 1. The Balaban J connectivity index is 2.10. The minimum absolute atomic E-state index is 0.0871. The van der Waals surface area contributed by atoms with Gasteiger partial charge in [0.2, 0.25) is 0 Å². The average molecular weight is 335 g/mol. The Morgan fingerprint density at radius 3 is 2.57 bits per heavy atom. The van der Waals surface area contributed by atoms with Gasteiger partial charge in [-0.25, -0.2) is 8.78 Å². The molecule has 0 spiro atoms. The second kappa shape index (κ2) is 5.58. The Hall–Kier alpha value is -2.54. The Labute approximate surface area is 131 Å². The maximum absolute atomic E-state index is 13.2. The van der Waals surface area contributed by atoms with Crippen molar-refractivity contribution in [2.75, 3.05) is 0 Å². The van der Waals surface area contributed by atoms with Crippen molar-refractivity contribution in [2.45, 2.75) is 11.8 Å². The highest BCUT2D eigenvalue weighted by molar-refractivity contribution is 7.87. The van der Waals surface area contributed by atoms with E-state index in [2.05, 4.69) is 4.98 Å². The molecule has 0 atom stereocenters. The van der Waals surface area contributed by atoms with Gasteiger partial charge in [0.1, 0.15) is 10.6 Å². The van der Waals surface area contributed by atoms with Crippen LogP contribution in [0, 0.1) is 18.6 Å². The summed E-state index contributed by atoms with van der Waals surface area (Å²) in [4.78, 5) is 4.07. The quantitative estimate of drug-likeness (QED) is 0.687. The lowest BCUT2D eigenvalue weighted by Crippen LogP contribution is -2.11. The third-order valence-corrected chi connectivity index (χ3v) is 4.60. The second-order valence-corrected chi connectivity index (χ2v) is 6.41. The van der Waals surface area contributed by atoms with Crippen molar-refractivity contribution in [3.8, 4) is 5.75 Å². The largest absolute Gasteiger partial charge is 0.379 e. The molecule has 0 saturated carbocycles. The molecule has 0 fully saturated rings. The van der Waals surface area contributed by atoms with Crippen LogP contribution in [0.15, 0.2) is 53.6 Å². The Bertz CT molecular complexity index is 1000. The second-order valence-electron chi connectivity index (χ2n) is 4.89. The summed E-state index contributed by atoms with van der Waals surface area (Å²) in [6.07, 6.45) is 1.56. The fraction of sp³-hybridized carbons (Fsp3) is 0.0625. The van der Waals surface area contributed by atoms with Gasteiger partial charge in [0, 0.05) is 17.6 Å². The lowest BCUT2D eigenvalue weighted by molar-refractivity contribution is 0.472. The van der Waals surface area contributed by atoms with Crippen molar-refractivity contribution in [1.82, 2.24) is 4.98 Å². The van der Waals surface area contributed by atoms with Crippen molar-refractivity contribution in [3.63, 3.8) is 0 Å². The number of hydrogen-bond acceptors (Lipinski definition) is 4. The maximum atomic E-state index is 13.2. The molecule has 118 valence electrons. The summed E-state index contributed by atoms with van der Waals surface area (Å²) >= 11 is 0. The van der Waals surface area contributed by atoms with Gasteiger partial charge in [-0.3, -0.25) is 4.98 Å². The van der Waals surface area contributed by atoms with E-state index < -0.39 is 21.8 Å². The zero-order valence-electron chi connectivity index (χ0n) is 12.0. The van der Waals surface area contributed by atoms with Gasteiger partial charge in [-0.2, -0.15) is 8.42 Å². The first-order valence-corrected chi connectivity index (χ1v) is 8.03. The molecule has 0 saturated heterocycles. The van der Waals surface area contributed by atoms with Gasteiger partial charge in [0.05, 0.1) is 5.52 Å². The SMILES string of the molecule is Cc1ccc(S(=O)(=O)Oc2ccc(F)c(F)c2)c2cccnc12. The molecule has 0 N–H and O–H groups in total. The molecule has 4 nitrogen and oxygen atoms in total. The number of hydrogen-bond donors (Lipinski definition) is 0. The van der Waals surface area contributed by atoms with Gasteiger partial charge in [0.15, 0.2) is 11.6 Å². The van der Waals surface area contributed by atoms with Gasteiger partial charge in [-0.1, -0.05) is 6.07 Å². The van der Waals surface area contributed by atoms with Crippen LogP contribution in [-0.2, 0) is 10.1 Å². The zero-order valence-corrected chi connectivity index (χ0v) is 12.8. The summed E-state index contributed by atoms with van der Waals surface area (Å²) in [6.45, 7) is 1.81. The van der Waals surface area contributed by atoms with Gasteiger partial charge in [-0.05, 0) is 42.8 Å².